The highest BCUT2D eigenvalue weighted by Gasteiger charge is 2.11. The lowest BCUT2D eigenvalue weighted by atomic mass is 10.0. The minimum Gasteiger partial charge on any atom is -0.353 e. The molecule has 0 unspecified atom stereocenters. The van der Waals surface area contributed by atoms with Crippen LogP contribution < -0.4 is 5.32 Å². The van der Waals surface area contributed by atoms with Gasteiger partial charge >= 0.3 is 0 Å². The first-order chi connectivity index (χ1) is 7.91. The highest BCUT2D eigenvalue weighted by atomic mass is 15.1. The van der Waals surface area contributed by atoms with Crippen LogP contribution in [0, 0.1) is 13.8 Å². The van der Waals surface area contributed by atoms with Crippen LogP contribution in [0.15, 0.2) is 0 Å². The Morgan fingerprint density at radius 3 is 2.06 bits per heavy atom. The van der Waals surface area contributed by atoms with Crippen molar-refractivity contribution in [2.45, 2.75) is 33.6 Å². The van der Waals surface area contributed by atoms with Gasteiger partial charge in [0, 0.05) is 24.5 Å². The van der Waals surface area contributed by atoms with Crippen LogP contribution >= 0.6 is 0 Å². The molecule has 17 heavy (non-hydrogen) atoms. The number of likely N-dealkylation sites (N-methyl/N-ethyl adjacent to an activating group) is 1. The van der Waals surface area contributed by atoms with Crippen LogP contribution in [0.4, 0.5) is 5.95 Å². The van der Waals surface area contributed by atoms with E-state index >= 15 is 0 Å². The van der Waals surface area contributed by atoms with Crippen molar-refractivity contribution in [2.24, 2.45) is 0 Å². The molecule has 1 rings (SSSR count). The lowest BCUT2D eigenvalue weighted by Crippen LogP contribution is -2.22. The number of anilines is 1. The molecule has 4 nitrogen and oxygen atoms in total. The molecule has 0 spiro atoms. The van der Waals surface area contributed by atoms with Gasteiger partial charge in [0.25, 0.3) is 0 Å². The molecular weight excluding hydrogens is 212 g/mol. The van der Waals surface area contributed by atoms with Crippen molar-refractivity contribution in [3.8, 4) is 0 Å². The fourth-order valence-corrected chi connectivity index (χ4v) is 2.03. The molecule has 0 bridgehead atoms. The number of hydrogen-bond acceptors (Lipinski definition) is 4. The molecule has 0 aromatic carbocycles. The predicted octanol–water partition coefficient (Wildman–Crippen LogP) is 2.19. The van der Waals surface area contributed by atoms with E-state index in [1.165, 1.54) is 5.56 Å². The van der Waals surface area contributed by atoms with E-state index in [9.17, 15) is 0 Å². The lowest BCUT2D eigenvalue weighted by molar-refractivity contribution is 0.425. The monoisotopic (exact) mass is 236 g/mol. The van der Waals surface area contributed by atoms with Crippen molar-refractivity contribution in [1.82, 2.24) is 14.9 Å². The number of aryl methyl sites for hydroxylation is 2. The van der Waals surface area contributed by atoms with E-state index in [1.807, 2.05) is 0 Å². The molecule has 0 radical (unpaired) electrons. The van der Waals surface area contributed by atoms with Gasteiger partial charge in [0.1, 0.15) is 0 Å². The standard InChI is InChI=1S/C13H24N4/c1-9(2)12-10(3)15-13(16-11(12)4)14-7-8-17(5)6/h9H,7-8H2,1-6H3,(H,14,15,16). The van der Waals surface area contributed by atoms with E-state index in [0.717, 1.165) is 30.4 Å². The fraction of sp³-hybridized carbons (Fsp3) is 0.692. The summed E-state index contributed by atoms with van der Waals surface area (Å²) in [4.78, 5) is 11.2. The van der Waals surface area contributed by atoms with Gasteiger partial charge in [-0.3, -0.25) is 0 Å². The average Bonchev–Trinajstić information content (AvgIpc) is 2.14. The maximum Gasteiger partial charge on any atom is 0.223 e. The summed E-state index contributed by atoms with van der Waals surface area (Å²) < 4.78 is 0. The normalized spacial score (nSPS) is 11.3. The molecule has 0 fully saturated rings. The molecule has 0 aliphatic carbocycles. The third-order valence-corrected chi connectivity index (χ3v) is 2.75. The molecule has 0 saturated heterocycles. The topological polar surface area (TPSA) is 41.1 Å². The zero-order valence-electron chi connectivity index (χ0n) is 11.8. The van der Waals surface area contributed by atoms with E-state index in [1.54, 1.807) is 0 Å². The first kappa shape index (κ1) is 13.9. The first-order valence-electron chi connectivity index (χ1n) is 6.15. The van der Waals surface area contributed by atoms with Gasteiger partial charge in [0.15, 0.2) is 0 Å². The van der Waals surface area contributed by atoms with E-state index < -0.39 is 0 Å². The Balaban J connectivity index is 2.77. The average molecular weight is 236 g/mol. The summed E-state index contributed by atoms with van der Waals surface area (Å²) in [5.41, 5.74) is 3.43. The Morgan fingerprint density at radius 2 is 1.65 bits per heavy atom. The van der Waals surface area contributed by atoms with Crippen LogP contribution in [0.3, 0.4) is 0 Å². The SMILES string of the molecule is Cc1nc(NCCN(C)C)nc(C)c1C(C)C. The molecular formula is C13H24N4. The van der Waals surface area contributed by atoms with Crippen LogP contribution in [-0.4, -0.2) is 42.1 Å². The van der Waals surface area contributed by atoms with Gasteiger partial charge < -0.3 is 10.2 Å². The summed E-state index contributed by atoms with van der Waals surface area (Å²) in [5, 5.41) is 3.26. The number of aromatic nitrogens is 2. The van der Waals surface area contributed by atoms with Crippen LogP contribution in [0.2, 0.25) is 0 Å². The van der Waals surface area contributed by atoms with Crippen molar-refractivity contribution in [3.63, 3.8) is 0 Å². The maximum atomic E-state index is 4.51. The van der Waals surface area contributed by atoms with Gasteiger partial charge in [0.2, 0.25) is 5.95 Å². The van der Waals surface area contributed by atoms with Crippen LogP contribution in [0.1, 0.15) is 36.7 Å². The minimum atomic E-state index is 0.478. The van der Waals surface area contributed by atoms with Gasteiger partial charge in [-0.05, 0) is 39.4 Å². The molecule has 4 heteroatoms. The van der Waals surface area contributed by atoms with Gasteiger partial charge in [-0.2, -0.15) is 0 Å². The Hall–Kier alpha value is -1.16. The van der Waals surface area contributed by atoms with E-state index in [2.05, 4.69) is 62.0 Å². The van der Waals surface area contributed by atoms with E-state index in [4.69, 9.17) is 0 Å². The van der Waals surface area contributed by atoms with E-state index in [0.29, 0.717) is 5.92 Å². The van der Waals surface area contributed by atoms with Crippen molar-refractivity contribution < 1.29 is 0 Å². The Bertz CT molecular complexity index is 349. The molecule has 1 heterocycles. The molecule has 1 aromatic heterocycles. The zero-order chi connectivity index (χ0) is 13.0. The molecule has 0 amide bonds. The fourth-order valence-electron chi connectivity index (χ4n) is 2.03. The summed E-state index contributed by atoms with van der Waals surface area (Å²) in [6.45, 7) is 10.3. The van der Waals surface area contributed by atoms with E-state index in [-0.39, 0.29) is 0 Å². The molecule has 0 aliphatic heterocycles. The first-order valence-corrected chi connectivity index (χ1v) is 6.15. The van der Waals surface area contributed by atoms with Gasteiger partial charge in [-0.25, -0.2) is 9.97 Å². The summed E-state index contributed by atoms with van der Waals surface area (Å²) in [6.07, 6.45) is 0. The van der Waals surface area contributed by atoms with Crippen LogP contribution in [0.25, 0.3) is 0 Å². The van der Waals surface area contributed by atoms with Crippen molar-refractivity contribution >= 4 is 5.95 Å². The van der Waals surface area contributed by atoms with Crippen LogP contribution in [0.5, 0.6) is 0 Å². The second kappa shape index (κ2) is 5.96. The quantitative estimate of drug-likeness (QED) is 0.851. The highest BCUT2D eigenvalue weighted by molar-refractivity contribution is 5.35. The third kappa shape index (κ3) is 3.97. The molecule has 96 valence electrons. The smallest absolute Gasteiger partial charge is 0.223 e. The molecule has 1 aromatic rings. The summed E-state index contributed by atoms with van der Waals surface area (Å²) in [6, 6.07) is 0. The Kier molecular flexibility index (Phi) is 4.87. The predicted molar refractivity (Wildman–Crippen MR) is 72.6 cm³/mol. The Labute approximate surface area is 104 Å². The van der Waals surface area contributed by atoms with Crippen molar-refractivity contribution in [3.05, 3.63) is 17.0 Å². The summed E-state index contributed by atoms with van der Waals surface area (Å²) in [5.74, 6) is 1.22. The zero-order valence-corrected chi connectivity index (χ0v) is 11.8. The largest absolute Gasteiger partial charge is 0.353 e. The lowest BCUT2D eigenvalue weighted by Gasteiger charge is -2.15. The minimum absolute atomic E-state index is 0.478. The number of rotatable bonds is 5. The molecule has 0 saturated carbocycles. The molecule has 0 atom stereocenters. The second-order valence-corrected chi connectivity index (χ2v) is 5.02. The summed E-state index contributed by atoms with van der Waals surface area (Å²) >= 11 is 0. The third-order valence-electron chi connectivity index (χ3n) is 2.75. The number of nitrogens with one attached hydrogen (secondary N) is 1. The molecule has 1 N–H and O–H groups in total. The van der Waals surface area contributed by atoms with Crippen molar-refractivity contribution in [1.29, 1.82) is 0 Å². The molecule has 0 aliphatic rings. The van der Waals surface area contributed by atoms with Gasteiger partial charge in [0.05, 0.1) is 0 Å². The number of hydrogen-bond donors (Lipinski definition) is 1. The van der Waals surface area contributed by atoms with Gasteiger partial charge in [-0.15, -0.1) is 0 Å². The van der Waals surface area contributed by atoms with Crippen LogP contribution in [-0.2, 0) is 0 Å². The summed E-state index contributed by atoms with van der Waals surface area (Å²) in [7, 11) is 4.11. The maximum absolute atomic E-state index is 4.51. The number of nitrogens with zero attached hydrogens (tertiary/aromatic N) is 3. The second-order valence-electron chi connectivity index (χ2n) is 5.02. The Morgan fingerprint density at radius 1 is 1.12 bits per heavy atom. The highest BCUT2D eigenvalue weighted by Crippen LogP contribution is 2.21. The van der Waals surface area contributed by atoms with Crippen molar-refractivity contribution in [2.75, 3.05) is 32.5 Å². The van der Waals surface area contributed by atoms with Gasteiger partial charge in [-0.1, -0.05) is 13.8 Å².